The van der Waals surface area contributed by atoms with Crippen molar-refractivity contribution in [3.63, 3.8) is 0 Å². The van der Waals surface area contributed by atoms with Crippen LogP contribution in [-0.4, -0.2) is 14.5 Å². The molecule has 0 spiro atoms. The average Bonchev–Trinajstić information content (AvgIpc) is 2.45. The van der Waals surface area contributed by atoms with Crippen molar-refractivity contribution >= 4 is 27.1 Å². The first-order valence-electron chi connectivity index (χ1n) is 5.24. The molecule has 0 bridgehead atoms. The van der Waals surface area contributed by atoms with Crippen molar-refractivity contribution in [2.45, 2.75) is 25.2 Å². The van der Waals surface area contributed by atoms with Crippen LogP contribution in [0.2, 0.25) is 0 Å². The van der Waals surface area contributed by atoms with Crippen LogP contribution in [0.5, 0.6) is 0 Å². The number of aromatic nitrogens is 3. The predicted molar refractivity (Wildman–Crippen MR) is 62.8 cm³/mol. The zero-order valence-electron chi connectivity index (χ0n) is 8.57. The minimum Gasteiger partial charge on any atom is -0.316 e. The lowest BCUT2D eigenvalue weighted by molar-refractivity contribution is 0.394. The molecule has 0 atom stereocenters. The highest BCUT2D eigenvalue weighted by atomic mass is 79.9. The van der Waals surface area contributed by atoms with Gasteiger partial charge in [0.2, 0.25) is 0 Å². The molecule has 3 rings (SSSR count). The zero-order valence-corrected chi connectivity index (χ0v) is 10.2. The van der Waals surface area contributed by atoms with Gasteiger partial charge in [-0.1, -0.05) is 6.42 Å². The molecule has 15 heavy (non-hydrogen) atoms. The molecule has 1 aliphatic carbocycles. The standard InChI is InChI=1S/C11H12BrN3/c1-15-10(7-3-2-4-7)14-9-8(12)5-6-13-11(9)15/h5-7H,2-4H2,1H3. The first kappa shape index (κ1) is 9.33. The van der Waals surface area contributed by atoms with Crippen molar-refractivity contribution in [1.29, 1.82) is 0 Å². The number of hydrogen-bond acceptors (Lipinski definition) is 2. The fraction of sp³-hybridized carbons (Fsp3) is 0.455. The summed E-state index contributed by atoms with van der Waals surface area (Å²) in [6, 6.07) is 1.94. The maximum Gasteiger partial charge on any atom is 0.160 e. The molecular weight excluding hydrogens is 254 g/mol. The number of fused-ring (bicyclic) bond motifs is 1. The Hall–Kier alpha value is -0.900. The Morgan fingerprint density at radius 3 is 2.87 bits per heavy atom. The van der Waals surface area contributed by atoms with E-state index in [1.807, 2.05) is 12.3 Å². The maximum atomic E-state index is 4.69. The lowest BCUT2D eigenvalue weighted by Crippen LogP contribution is -2.13. The first-order chi connectivity index (χ1) is 7.27. The van der Waals surface area contributed by atoms with Crippen LogP contribution in [0.25, 0.3) is 11.2 Å². The summed E-state index contributed by atoms with van der Waals surface area (Å²) in [5.41, 5.74) is 1.97. The summed E-state index contributed by atoms with van der Waals surface area (Å²) in [7, 11) is 2.06. The van der Waals surface area contributed by atoms with Crippen LogP contribution >= 0.6 is 15.9 Å². The van der Waals surface area contributed by atoms with E-state index in [0.717, 1.165) is 15.6 Å². The highest BCUT2D eigenvalue weighted by Crippen LogP contribution is 2.37. The summed E-state index contributed by atoms with van der Waals surface area (Å²) in [6.07, 6.45) is 5.70. The van der Waals surface area contributed by atoms with Gasteiger partial charge in [0.1, 0.15) is 11.3 Å². The molecule has 2 heterocycles. The molecule has 0 saturated heterocycles. The summed E-state index contributed by atoms with van der Waals surface area (Å²) < 4.78 is 3.16. The molecule has 0 radical (unpaired) electrons. The topological polar surface area (TPSA) is 30.7 Å². The van der Waals surface area contributed by atoms with Crippen molar-refractivity contribution in [3.05, 3.63) is 22.6 Å². The van der Waals surface area contributed by atoms with Gasteiger partial charge < -0.3 is 4.57 Å². The Kier molecular flexibility index (Phi) is 2.06. The second kappa shape index (κ2) is 3.30. The smallest absolute Gasteiger partial charge is 0.160 e. The van der Waals surface area contributed by atoms with Crippen LogP contribution in [-0.2, 0) is 7.05 Å². The van der Waals surface area contributed by atoms with E-state index in [1.165, 1.54) is 25.1 Å². The van der Waals surface area contributed by atoms with Gasteiger partial charge in [0, 0.05) is 23.6 Å². The van der Waals surface area contributed by atoms with Gasteiger partial charge in [0.05, 0.1) is 0 Å². The predicted octanol–water partition coefficient (Wildman–Crippen LogP) is 3.00. The van der Waals surface area contributed by atoms with Crippen molar-refractivity contribution in [2.75, 3.05) is 0 Å². The summed E-state index contributed by atoms with van der Waals surface area (Å²) in [5.74, 6) is 1.84. The largest absolute Gasteiger partial charge is 0.316 e. The van der Waals surface area contributed by atoms with Gasteiger partial charge in [0.15, 0.2) is 5.65 Å². The van der Waals surface area contributed by atoms with Crippen molar-refractivity contribution in [3.8, 4) is 0 Å². The quantitative estimate of drug-likeness (QED) is 0.794. The van der Waals surface area contributed by atoms with E-state index in [-0.39, 0.29) is 0 Å². The second-order valence-corrected chi connectivity index (χ2v) is 4.98. The monoisotopic (exact) mass is 265 g/mol. The Bertz CT molecular complexity index is 514. The fourth-order valence-corrected chi connectivity index (χ4v) is 2.48. The lowest BCUT2D eigenvalue weighted by atomic mass is 9.85. The molecule has 2 aromatic heterocycles. The van der Waals surface area contributed by atoms with E-state index in [1.54, 1.807) is 0 Å². The highest BCUT2D eigenvalue weighted by Gasteiger charge is 2.25. The van der Waals surface area contributed by atoms with Crippen molar-refractivity contribution < 1.29 is 0 Å². The fourth-order valence-electron chi connectivity index (χ4n) is 2.10. The van der Waals surface area contributed by atoms with Crippen LogP contribution in [0.15, 0.2) is 16.7 Å². The van der Waals surface area contributed by atoms with E-state index in [0.29, 0.717) is 5.92 Å². The van der Waals surface area contributed by atoms with Gasteiger partial charge in [-0.2, -0.15) is 0 Å². The Morgan fingerprint density at radius 2 is 2.27 bits per heavy atom. The molecule has 0 aliphatic heterocycles. The summed E-state index contributed by atoms with van der Waals surface area (Å²) >= 11 is 3.52. The number of imidazole rings is 1. The molecule has 3 nitrogen and oxygen atoms in total. The normalized spacial score (nSPS) is 16.9. The first-order valence-corrected chi connectivity index (χ1v) is 6.03. The number of hydrogen-bond donors (Lipinski definition) is 0. The van der Waals surface area contributed by atoms with E-state index in [2.05, 4.69) is 37.5 Å². The lowest BCUT2D eigenvalue weighted by Gasteiger charge is -2.24. The van der Waals surface area contributed by atoms with E-state index in [4.69, 9.17) is 0 Å². The van der Waals surface area contributed by atoms with Gasteiger partial charge in [-0.15, -0.1) is 0 Å². The number of halogens is 1. The average molecular weight is 266 g/mol. The number of nitrogens with zero attached hydrogens (tertiary/aromatic N) is 3. The highest BCUT2D eigenvalue weighted by molar-refractivity contribution is 9.10. The molecule has 1 aliphatic rings. The van der Waals surface area contributed by atoms with E-state index < -0.39 is 0 Å². The molecule has 1 fully saturated rings. The summed E-state index contributed by atoms with van der Waals surface area (Å²) in [6.45, 7) is 0. The van der Waals surface area contributed by atoms with Crippen LogP contribution in [0.1, 0.15) is 31.0 Å². The number of aryl methyl sites for hydroxylation is 1. The summed E-state index contributed by atoms with van der Waals surface area (Å²) in [4.78, 5) is 9.06. The molecule has 78 valence electrons. The SMILES string of the molecule is Cn1c(C2CCC2)nc2c(Br)ccnc21. The molecule has 1 saturated carbocycles. The van der Waals surface area contributed by atoms with Crippen molar-refractivity contribution in [1.82, 2.24) is 14.5 Å². The number of pyridine rings is 1. The molecular formula is C11H12BrN3. The molecule has 2 aromatic rings. The molecule has 0 aromatic carbocycles. The maximum absolute atomic E-state index is 4.69. The second-order valence-electron chi connectivity index (χ2n) is 4.12. The molecule has 0 N–H and O–H groups in total. The third-order valence-corrected chi connectivity index (χ3v) is 3.85. The van der Waals surface area contributed by atoms with E-state index in [9.17, 15) is 0 Å². The minimum absolute atomic E-state index is 0.649. The van der Waals surface area contributed by atoms with Crippen LogP contribution in [0, 0.1) is 0 Å². The van der Waals surface area contributed by atoms with Gasteiger partial charge in [-0.25, -0.2) is 9.97 Å². The van der Waals surface area contributed by atoms with Crippen LogP contribution in [0.4, 0.5) is 0 Å². The van der Waals surface area contributed by atoms with Gasteiger partial charge >= 0.3 is 0 Å². The van der Waals surface area contributed by atoms with Gasteiger partial charge in [0.25, 0.3) is 0 Å². The molecule has 4 heteroatoms. The molecule has 0 amide bonds. The van der Waals surface area contributed by atoms with Crippen molar-refractivity contribution in [2.24, 2.45) is 7.05 Å². The van der Waals surface area contributed by atoms with Gasteiger partial charge in [-0.05, 0) is 34.8 Å². The Morgan fingerprint density at radius 1 is 1.47 bits per heavy atom. The summed E-state index contributed by atoms with van der Waals surface area (Å²) in [5, 5.41) is 0. The Balaban J connectivity index is 2.23. The molecule has 0 unspecified atom stereocenters. The minimum atomic E-state index is 0.649. The third-order valence-electron chi connectivity index (χ3n) is 3.21. The third kappa shape index (κ3) is 1.31. The van der Waals surface area contributed by atoms with Gasteiger partial charge in [-0.3, -0.25) is 0 Å². The van der Waals surface area contributed by atoms with Crippen LogP contribution in [0.3, 0.4) is 0 Å². The van der Waals surface area contributed by atoms with Crippen LogP contribution < -0.4 is 0 Å². The Labute approximate surface area is 96.7 Å². The zero-order chi connectivity index (χ0) is 10.4. The number of rotatable bonds is 1. The van der Waals surface area contributed by atoms with E-state index >= 15 is 0 Å².